The Labute approximate surface area is 187 Å². The fourth-order valence-electron chi connectivity index (χ4n) is 3.55. The van der Waals surface area contributed by atoms with E-state index in [1.165, 1.54) is 0 Å². The lowest BCUT2D eigenvalue weighted by Crippen LogP contribution is -2.06. The predicted octanol–water partition coefficient (Wildman–Crippen LogP) is 4.96. The average Bonchev–Trinajstić information content (AvgIpc) is 3.38. The molecule has 4 aromatic rings. The van der Waals surface area contributed by atoms with Crippen LogP contribution in [0.5, 0.6) is 5.75 Å². The number of carbonyl (C=O) groups excluding carboxylic acids is 1. The van der Waals surface area contributed by atoms with Gasteiger partial charge >= 0.3 is 5.97 Å². The number of rotatable bonds is 10. The van der Waals surface area contributed by atoms with Gasteiger partial charge in [0.05, 0.1) is 29.8 Å². The van der Waals surface area contributed by atoms with Gasteiger partial charge in [0.1, 0.15) is 11.5 Å². The van der Waals surface area contributed by atoms with E-state index >= 15 is 0 Å². The van der Waals surface area contributed by atoms with Crippen molar-refractivity contribution >= 4 is 16.9 Å². The summed E-state index contributed by atoms with van der Waals surface area (Å²) in [6.45, 7) is 5.27. The fourth-order valence-corrected chi connectivity index (χ4v) is 3.55. The normalized spacial score (nSPS) is 11.1. The number of oxazole rings is 1. The summed E-state index contributed by atoms with van der Waals surface area (Å²) in [5.41, 5.74) is 2.72. The van der Waals surface area contributed by atoms with Gasteiger partial charge in [0.2, 0.25) is 5.89 Å². The number of ether oxygens (including phenoxy) is 2. The summed E-state index contributed by atoms with van der Waals surface area (Å²) in [5.74, 6) is 2.04. The van der Waals surface area contributed by atoms with Crippen LogP contribution in [0.2, 0.25) is 0 Å². The summed E-state index contributed by atoms with van der Waals surface area (Å²) in [4.78, 5) is 16.2. The second kappa shape index (κ2) is 10.1. The highest BCUT2D eigenvalue weighted by Gasteiger charge is 2.12. The molecule has 0 atom stereocenters. The summed E-state index contributed by atoms with van der Waals surface area (Å²) in [5, 5.41) is 5.54. The van der Waals surface area contributed by atoms with Crippen molar-refractivity contribution in [2.24, 2.45) is 0 Å². The zero-order valence-corrected chi connectivity index (χ0v) is 18.4. The van der Waals surface area contributed by atoms with Crippen molar-refractivity contribution in [1.82, 2.24) is 14.8 Å². The highest BCUT2D eigenvalue weighted by molar-refractivity contribution is 5.84. The maximum atomic E-state index is 11.5. The van der Waals surface area contributed by atoms with Gasteiger partial charge in [-0.2, -0.15) is 5.10 Å². The third kappa shape index (κ3) is 5.17. The Morgan fingerprint density at radius 2 is 1.97 bits per heavy atom. The molecule has 0 unspecified atom stereocenters. The SMILES string of the molecule is CCOC(=O)CCCn1cc2c(OCCc3nc(-c4ccccc4)oc3C)cccc2n1. The number of fused-ring (bicyclic) bond motifs is 1. The van der Waals surface area contributed by atoms with Crippen LogP contribution in [0.3, 0.4) is 0 Å². The van der Waals surface area contributed by atoms with Crippen LogP contribution in [0.25, 0.3) is 22.4 Å². The van der Waals surface area contributed by atoms with Crippen LogP contribution in [0, 0.1) is 6.92 Å². The summed E-state index contributed by atoms with van der Waals surface area (Å²) < 4.78 is 18.7. The molecule has 0 bridgehead atoms. The van der Waals surface area contributed by atoms with Gasteiger partial charge in [-0.05, 0) is 44.5 Å². The lowest BCUT2D eigenvalue weighted by atomic mass is 10.2. The number of hydrogen-bond acceptors (Lipinski definition) is 6. The molecule has 0 saturated carbocycles. The molecule has 166 valence electrons. The Hall–Kier alpha value is -3.61. The van der Waals surface area contributed by atoms with E-state index in [0.29, 0.717) is 44.9 Å². The van der Waals surface area contributed by atoms with E-state index < -0.39 is 0 Å². The van der Waals surface area contributed by atoms with Gasteiger partial charge in [-0.1, -0.05) is 24.3 Å². The quantitative estimate of drug-likeness (QED) is 0.329. The number of carbonyl (C=O) groups is 1. The monoisotopic (exact) mass is 433 g/mol. The minimum Gasteiger partial charge on any atom is -0.492 e. The molecule has 0 spiro atoms. The second-order valence-electron chi connectivity index (χ2n) is 7.48. The lowest BCUT2D eigenvalue weighted by molar-refractivity contribution is -0.143. The molecule has 7 heteroatoms. The van der Waals surface area contributed by atoms with Crippen molar-refractivity contribution < 1.29 is 18.7 Å². The third-order valence-corrected chi connectivity index (χ3v) is 5.14. The average molecular weight is 434 g/mol. The van der Waals surface area contributed by atoms with E-state index in [4.69, 9.17) is 13.9 Å². The first-order valence-corrected chi connectivity index (χ1v) is 10.9. The topological polar surface area (TPSA) is 79.4 Å². The zero-order valence-electron chi connectivity index (χ0n) is 18.4. The standard InChI is InChI=1S/C25H27N3O4/c1-3-30-24(29)13-8-15-28-17-20-22(27-28)11-7-12-23(20)31-16-14-21-18(2)32-25(26-21)19-9-5-4-6-10-19/h4-7,9-12,17H,3,8,13-16H2,1-2H3. The number of aryl methyl sites for hydroxylation is 2. The smallest absolute Gasteiger partial charge is 0.305 e. The van der Waals surface area contributed by atoms with Gasteiger partial charge < -0.3 is 13.9 Å². The summed E-state index contributed by atoms with van der Waals surface area (Å²) in [6, 6.07) is 15.7. The van der Waals surface area contributed by atoms with Crippen molar-refractivity contribution in [3.8, 4) is 17.2 Å². The maximum absolute atomic E-state index is 11.5. The Morgan fingerprint density at radius 3 is 2.78 bits per heavy atom. The van der Waals surface area contributed by atoms with Crippen LogP contribution in [0.4, 0.5) is 0 Å². The summed E-state index contributed by atoms with van der Waals surface area (Å²) in [7, 11) is 0. The van der Waals surface area contributed by atoms with Gasteiger partial charge in [-0.15, -0.1) is 0 Å². The Balaban J connectivity index is 1.37. The van der Waals surface area contributed by atoms with Crippen LogP contribution in [0.1, 0.15) is 31.2 Å². The molecule has 0 aliphatic carbocycles. The molecule has 0 N–H and O–H groups in total. The molecule has 7 nitrogen and oxygen atoms in total. The molecule has 32 heavy (non-hydrogen) atoms. The van der Waals surface area contributed by atoms with Gasteiger partial charge in [-0.3, -0.25) is 9.48 Å². The van der Waals surface area contributed by atoms with Crippen LogP contribution in [0.15, 0.2) is 59.1 Å². The zero-order chi connectivity index (χ0) is 22.3. The number of benzene rings is 2. The first kappa shape index (κ1) is 21.6. The van der Waals surface area contributed by atoms with E-state index in [2.05, 4.69) is 10.1 Å². The maximum Gasteiger partial charge on any atom is 0.305 e. The van der Waals surface area contributed by atoms with Gasteiger partial charge in [0.15, 0.2) is 0 Å². The van der Waals surface area contributed by atoms with Crippen molar-refractivity contribution in [3.05, 3.63) is 66.2 Å². The van der Waals surface area contributed by atoms with E-state index in [0.717, 1.165) is 33.7 Å². The molecule has 4 rings (SSSR count). The molecular weight excluding hydrogens is 406 g/mol. The molecule has 0 fully saturated rings. The number of esters is 1. The minimum absolute atomic E-state index is 0.174. The first-order chi connectivity index (χ1) is 15.6. The molecule has 2 aromatic carbocycles. The predicted molar refractivity (Wildman–Crippen MR) is 121 cm³/mol. The van der Waals surface area contributed by atoms with E-state index in [1.54, 1.807) is 0 Å². The van der Waals surface area contributed by atoms with Crippen molar-refractivity contribution in [2.45, 2.75) is 39.7 Å². The van der Waals surface area contributed by atoms with Crippen LogP contribution in [-0.2, 0) is 22.5 Å². The highest BCUT2D eigenvalue weighted by atomic mass is 16.5. The lowest BCUT2D eigenvalue weighted by Gasteiger charge is -2.06. The van der Waals surface area contributed by atoms with E-state index in [9.17, 15) is 4.79 Å². The second-order valence-corrected chi connectivity index (χ2v) is 7.48. The molecule has 2 heterocycles. The molecule has 0 amide bonds. The molecule has 2 aromatic heterocycles. The van der Waals surface area contributed by atoms with Crippen LogP contribution < -0.4 is 4.74 Å². The Morgan fingerprint density at radius 1 is 1.12 bits per heavy atom. The number of aromatic nitrogens is 3. The fraction of sp³-hybridized carbons (Fsp3) is 0.320. The molecule has 0 aliphatic heterocycles. The van der Waals surface area contributed by atoms with Gasteiger partial charge in [0.25, 0.3) is 0 Å². The van der Waals surface area contributed by atoms with Crippen LogP contribution >= 0.6 is 0 Å². The Kier molecular flexibility index (Phi) is 6.84. The van der Waals surface area contributed by atoms with Crippen molar-refractivity contribution in [3.63, 3.8) is 0 Å². The van der Waals surface area contributed by atoms with Gasteiger partial charge in [-0.25, -0.2) is 4.98 Å². The summed E-state index contributed by atoms with van der Waals surface area (Å²) >= 11 is 0. The first-order valence-electron chi connectivity index (χ1n) is 10.9. The number of hydrogen-bond donors (Lipinski definition) is 0. The molecule has 0 radical (unpaired) electrons. The summed E-state index contributed by atoms with van der Waals surface area (Å²) in [6.07, 6.45) is 3.67. The Bertz CT molecular complexity index is 1180. The minimum atomic E-state index is -0.174. The van der Waals surface area contributed by atoms with Crippen molar-refractivity contribution in [2.75, 3.05) is 13.2 Å². The van der Waals surface area contributed by atoms with E-state index in [-0.39, 0.29) is 5.97 Å². The molecule has 0 aliphatic rings. The molecule has 0 saturated heterocycles. The van der Waals surface area contributed by atoms with E-state index in [1.807, 2.05) is 73.3 Å². The number of nitrogens with zero attached hydrogens (tertiary/aromatic N) is 3. The molecular formula is C25H27N3O4. The van der Waals surface area contributed by atoms with Crippen molar-refractivity contribution in [1.29, 1.82) is 0 Å². The van der Waals surface area contributed by atoms with Gasteiger partial charge in [0, 0.05) is 31.1 Å². The van der Waals surface area contributed by atoms with Crippen LogP contribution in [-0.4, -0.2) is 33.9 Å². The highest BCUT2D eigenvalue weighted by Crippen LogP contribution is 2.26. The third-order valence-electron chi connectivity index (χ3n) is 5.14. The largest absolute Gasteiger partial charge is 0.492 e.